The van der Waals surface area contributed by atoms with Crippen molar-refractivity contribution < 1.29 is 53.6 Å². The number of benzene rings is 4. The van der Waals surface area contributed by atoms with Gasteiger partial charge in [0, 0.05) is 142 Å². The highest BCUT2D eigenvalue weighted by molar-refractivity contribution is 7.23. The van der Waals surface area contributed by atoms with Gasteiger partial charge in [-0.25, -0.2) is 61.8 Å². The van der Waals surface area contributed by atoms with Crippen molar-refractivity contribution in [1.82, 2.24) is 59.5 Å². The van der Waals surface area contributed by atoms with Gasteiger partial charge in [-0.15, -0.1) is 45.3 Å². The molecule has 4 aromatic carbocycles. The van der Waals surface area contributed by atoms with Crippen LogP contribution in [0.3, 0.4) is 0 Å². The third-order valence-electron chi connectivity index (χ3n) is 16.9. The Labute approximate surface area is 701 Å². The van der Waals surface area contributed by atoms with E-state index in [1.54, 1.807) is 34.6 Å². The van der Waals surface area contributed by atoms with Gasteiger partial charge < -0.3 is 21.2 Å². The predicted molar refractivity (Wildman–Crippen MR) is 431 cm³/mol. The number of halogens is 9. The maximum Gasteiger partial charge on any atom is 0.162 e. The van der Waals surface area contributed by atoms with Crippen LogP contribution in [0.2, 0.25) is 23.7 Å². The van der Waals surface area contributed by atoms with Gasteiger partial charge in [0.2, 0.25) is 0 Å². The molecule has 0 amide bonds. The molecule has 0 bridgehead atoms. The number of nitriles is 3. The number of hydrogen-bond acceptors (Lipinski definition) is 23. The van der Waals surface area contributed by atoms with E-state index in [0.717, 1.165) is 90.7 Å². The van der Waals surface area contributed by atoms with Gasteiger partial charge in [0.15, 0.2) is 5.65 Å². The zero-order valence-electron chi connectivity index (χ0n) is 80.7. The number of likely N-dealkylation sites (tertiary alicyclic amines) is 4. The highest BCUT2D eigenvalue weighted by atomic mass is 35.5. The monoisotopic (exact) mass is 1660 g/mol. The zero-order valence-corrected chi connectivity index (χ0v) is 64.0. The van der Waals surface area contributed by atoms with E-state index < -0.39 is 111 Å². The molecule has 0 radical (unpaired) electrons. The Morgan fingerprint density at radius 1 is 0.482 bits per heavy atom. The van der Waals surface area contributed by atoms with Gasteiger partial charge in [0.1, 0.15) is 106 Å². The quantitative estimate of drug-likeness (QED) is 0.0490. The number of fused-ring (bicyclic) bond motifs is 4. The van der Waals surface area contributed by atoms with Crippen LogP contribution in [0, 0.1) is 63.1 Å². The largest absolute Gasteiger partial charge is 0.367 e. The molecule has 32 heteroatoms. The van der Waals surface area contributed by atoms with Crippen LogP contribution >= 0.6 is 91.8 Å². The van der Waals surface area contributed by atoms with Crippen molar-refractivity contribution in [2.75, 3.05) is 73.6 Å². The first-order valence-corrected chi connectivity index (χ1v) is 38.2. The lowest BCUT2D eigenvalue weighted by Gasteiger charge is -2.32. The molecule has 4 unspecified atom stereocenters. The van der Waals surface area contributed by atoms with Gasteiger partial charge in [-0.2, -0.15) is 15.8 Å². The Hall–Kier alpha value is -8.64. The molecule has 0 saturated carbocycles. The Balaban J connectivity index is 0.000000151. The van der Waals surface area contributed by atoms with Crippen molar-refractivity contribution in [2.45, 2.75) is 121 Å². The molecule has 4 saturated heterocycles. The van der Waals surface area contributed by atoms with Crippen molar-refractivity contribution >= 4 is 156 Å². The normalized spacial score (nSPS) is 22.1. The Bertz CT molecular complexity index is 6560. The van der Waals surface area contributed by atoms with Crippen LogP contribution in [0.25, 0.3) is 40.9 Å². The van der Waals surface area contributed by atoms with Gasteiger partial charge in [0.05, 0.1) is 79.4 Å². The molecule has 4 aliphatic rings. The summed E-state index contributed by atoms with van der Waals surface area (Å²) < 4.78 is 266. The fourth-order valence-electron chi connectivity index (χ4n) is 11.4. The second-order valence-corrected chi connectivity index (χ2v) is 30.9. The minimum absolute atomic E-state index is 0.00350. The fraction of sp³-hybridized carbons (Fsp3) is 0.346. The van der Waals surface area contributed by atoms with Crippen LogP contribution in [0.1, 0.15) is 141 Å². The van der Waals surface area contributed by atoms with Crippen molar-refractivity contribution in [3.63, 3.8) is 0 Å². The van der Waals surface area contributed by atoms with Gasteiger partial charge in [0.25, 0.3) is 0 Å². The minimum Gasteiger partial charge on any atom is -0.367 e. The maximum absolute atomic E-state index is 14.5. The molecule has 4 aliphatic heterocycles. The standard InChI is InChI=1S/C22H24FN5S.2C19H17ClFN5S.C18H16Cl2F2N4S/c1-14(2)20-10-18-21(25-13-26-22(18)29-20)27-17-5-7-28(8-6-17)12-16-9-15(11-24)3-4-19(16)23;20-17-8-15-18(23-11-24-19(15)27-17)25-14-3-5-26(6-4-14)10-12-1-2-16(21)13(7-12)9-22;20-17-8-15-18(23-11-24-19(15)27-17)25-14-3-5-26(6-4-14)10-13-7-12(9-22)1-2-16(13)21;19-13-5-10(14(21)7-15(13)22)8-26-3-1-11(2-4-26)25-17-12-6-16(20)27-18(12)24-9-23-17/h3-4,9-10,13-14,17H,5-8,12H2,1-2H3,(H,25,26,27);2*1-2,7-8,11,14H,3-6,10H2,(H,23,24,25);5-7,9,11H,1-4,8H2,(H,23,24,25)/i5D2,6D2,10D,12D,14D,17D;8D,10D,11D,14D;8D,10D,14D;6D,8D,9D,11D/hD4. The van der Waals surface area contributed by atoms with E-state index >= 15 is 0 Å². The lowest BCUT2D eigenvalue weighted by molar-refractivity contribution is 0.208. The number of piperidine rings is 4. The average Bonchev–Trinajstić information content (AvgIpc) is 1.62. The first kappa shape index (κ1) is 54.9. The van der Waals surface area contributed by atoms with Gasteiger partial charge in [-0.1, -0.05) is 66.3 Å². The van der Waals surface area contributed by atoms with Crippen molar-refractivity contribution in [3.05, 3.63) is 207 Å². The van der Waals surface area contributed by atoms with Gasteiger partial charge in [-0.05, 0) is 141 Å². The maximum atomic E-state index is 14.5. The summed E-state index contributed by atoms with van der Waals surface area (Å²) in [6.45, 7) is -1.28. The molecule has 4 atom stereocenters. The molecular weight excluding hydrogens is 1570 g/mol. The Morgan fingerprint density at radius 2 is 0.882 bits per heavy atom. The molecule has 4 fully saturated rings. The highest BCUT2D eigenvalue weighted by Crippen LogP contribution is 2.38. The fourth-order valence-corrected chi connectivity index (χ4v) is 15.4. The molecule has 0 spiro atoms. The topological polar surface area (TPSA) is 236 Å². The van der Waals surface area contributed by atoms with E-state index in [-0.39, 0.29) is 197 Å². The summed E-state index contributed by atoms with van der Waals surface area (Å²) >= 11 is 28.1. The highest BCUT2D eigenvalue weighted by Gasteiger charge is 2.27. The number of aromatic nitrogens is 8. The summed E-state index contributed by atoms with van der Waals surface area (Å²) in [4.78, 5) is 40.1. The van der Waals surface area contributed by atoms with Crippen LogP contribution < -0.4 is 21.2 Å². The SMILES string of the molecule is [2H]c1c(C([2H])(C)C)sc2ncnc(N([2H])C3([2H])C([2H])([2H])CN(C([2H])c4cc(C#N)ccc4F)CC3([2H])[2H])c12.[2H]c1c(Cl)sc2ncnc(N([2H])C3([2H])CCN(C([2H])c4cc(C#N)ccc4F)CC3)c12.[2H]c1nc(N([2H])C2([2H])CCN(C([2H])c3cc(Cl)c(F)cc3F)CC2)c2c([2H])c(Cl)sc2n1.[2H]c1nc(N([2H])C2([2H])CCN(C([2H])c3ccc(F)c(C#N)c3)CC2)c2c([2H])c(Cl)sc2n1. The summed E-state index contributed by atoms with van der Waals surface area (Å²) in [5, 5.41) is 30.8. The van der Waals surface area contributed by atoms with Gasteiger partial charge in [-0.3, -0.25) is 19.6 Å². The summed E-state index contributed by atoms with van der Waals surface area (Å²) in [5.74, 6) is -5.20. The Morgan fingerprint density at radius 3 is 1.34 bits per heavy atom. The van der Waals surface area contributed by atoms with Crippen LogP contribution in [0.15, 0.2) is 116 Å². The molecule has 568 valence electrons. The van der Waals surface area contributed by atoms with Crippen LogP contribution in [-0.4, -0.2) is 136 Å². The number of nitrogens with zero attached hydrogens (tertiary/aromatic N) is 15. The zero-order chi connectivity index (χ0) is 97.3. The van der Waals surface area contributed by atoms with E-state index in [4.69, 9.17) is 93.9 Å². The molecular formula is C78H74Cl4F5N19S4. The molecule has 12 aromatic rings. The molecule has 12 heterocycles. The van der Waals surface area contributed by atoms with Crippen molar-refractivity contribution in [1.29, 1.82) is 15.8 Å². The van der Waals surface area contributed by atoms with Crippen LogP contribution in [0.5, 0.6) is 0 Å². The number of hydrogen-bond donors (Lipinski definition) is 4. The lowest BCUT2D eigenvalue weighted by atomic mass is 10.0. The number of rotatable bonds is 17. The number of nitrogens with one attached hydrogen (secondary N) is 4. The van der Waals surface area contributed by atoms with Crippen molar-refractivity contribution in [3.8, 4) is 18.2 Å². The molecule has 16 rings (SSSR count). The van der Waals surface area contributed by atoms with E-state index in [0.29, 0.717) is 54.8 Å². The average molecular weight is 1670 g/mol. The Kier molecular flexibility index (Phi) is 18.5. The van der Waals surface area contributed by atoms with Crippen molar-refractivity contribution in [2.24, 2.45) is 0 Å². The summed E-state index contributed by atoms with van der Waals surface area (Å²) in [6, 6.07) is 11.3. The van der Waals surface area contributed by atoms with E-state index in [1.165, 1.54) is 48.8 Å². The molecule has 110 heavy (non-hydrogen) atoms. The summed E-state index contributed by atoms with van der Waals surface area (Å²) in [6.07, 6.45) is -2.89. The second-order valence-electron chi connectivity index (χ2n) is 24.7. The molecule has 8 aromatic heterocycles. The summed E-state index contributed by atoms with van der Waals surface area (Å²) in [7, 11) is 0. The summed E-state index contributed by atoms with van der Waals surface area (Å²) in [5.41, 5.74) is 0.527. The minimum atomic E-state index is -2.91. The predicted octanol–water partition coefficient (Wildman–Crippen LogP) is 19.1. The van der Waals surface area contributed by atoms with Crippen LogP contribution in [0.4, 0.5) is 45.2 Å². The third-order valence-corrected chi connectivity index (χ3v) is 21.7. The molecule has 4 N–H and O–H groups in total. The smallest absolute Gasteiger partial charge is 0.162 e. The van der Waals surface area contributed by atoms with E-state index in [9.17, 15) is 22.0 Å². The molecule has 19 nitrogen and oxygen atoms in total. The molecule has 0 aliphatic carbocycles. The third kappa shape index (κ3) is 20.5. The van der Waals surface area contributed by atoms with Crippen LogP contribution in [-0.2, 0) is 26.1 Å². The lowest BCUT2D eigenvalue weighted by Crippen LogP contribution is -2.39. The first-order valence-electron chi connectivity index (χ1n) is 45.0. The second kappa shape index (κ2) is 37.1. The van der Waals surface area contributed by atoms with E-state index in [1.807, 2.05) is 12.1 Å². The van der Waals surface area contributed by atoms with Gasteiger partial charge >= 0.3 is 0 Å². The number of thiophene rings is 4. The van der Waals surface area contributed by atoms with E-state index in [2.05, 4.69) is 39.9 Å². The first-order chi connectivity index (χ1) is 62.4. The number of anilines is 4.